The van der Waals surface area contributed by atoms with Gasteiger partial charge in [0.15, 0.2) is 6.17 Å². The molecule has 3 atom stereocenters. The second kappa shape index (κ2) is 12.0. The van der Waals surface area contributed by atoms with Crippen LogP contribution in [-0.4, -0.2) is 23.9 Å². The molecule has 0 bridgehead atoms. The Bertz CT molecular complexity index is 1110. The molecule has 1 aromatic rings. The van der Waals surface area contributed by atoms with Gasteiger partial charge in [0.2, 0.25) is 5.92 Å². The fourth-order valence-electron chi connectivity index (χ4n) is 8.11. The molecule has 0 saturated heterocycles. The van der Waals surface area contributed by atoms with Crippen molar-refractivity contribution in [2.75, 3.05) is 7.05 Å². The smallest absolute Gasteiger partial charge is 0.371 e. The third kappa shape index (κ3) is 6.69. The Morgan fingerprint density at radius 2 is 1.51 bits per heavy atom. The molecule has 1 aliphatic heterocycles. The molecule has 2 fully saturated rings. The second-order valence-corrected chi connectivity index (χ2v) is 13.7. The van der Waals surface area contributed by atoms with Crippen molar-refractivity contribution in [3.8, 4) is 0 Å². The van der Waals surface area contributed by atoms with Gasteiger partial charge in [-0.1, -0.05) is 59.6 Å². The van der Waals surface area contributed by atoms with Crippen LogP contribution in [0.4, 0.5) is 26.3 Å². The van der Waals surface area contributed by atoms with Crippen molar-refractivity contribution in [3.05, 3.63) is 57.8 Å². The molecule has 0 radical (unpaired) electrons. The van der Waals surface area contributed by atoms with Gasteiger partial charge in [0.25, 0.3) is 0 Å². The molecule has 2 saturated carbocycles. The van der Waals surface area contributed by atoms with E-state index in [0.717, 1.165) is 61.9 Å². The molecule has 4 rings (SSSR count). The summed E-state index contributed by atoms with van der Waals surface area (Å²) in [5, 5.41) is 0. The van der Waals surface area contributed by atoms with Gasteiger partial charge in [-0.25, -0.2) is 13.2 Å². The number of likely N-dealkylation sites (N-methyl/N-ethyl adjacent to an activating group) is 1. The van der Waals surface area contributed by atoms with E-state index in [1.54, 1.807) is 0 Å². The molecule has 0 spiro atoms. The van der Waals surface area contributed by atoms with Crippen molar-refractivity contribution < 1.29 is 26.3 Å². The van der Waals surface area contributed by atoms with Crippen LogP contribution in [0.5, 0.6) is 0 Å². The molecule has 2 aliphatic carbocycles. The van der Waals surface area contributed by atoms with Crippen molar-refractivity contribution in [3.63, 3.8) is 0 Å². The number of fused-ring (bicyclic) bond motifs is 1. The number of halogens is 6. The molecule has 230 valence electrons. The number of alkyl halides is 6. The van der Waals surface area contributed by atoms with Crippen LogP contribution in [0.25, 0.3) is 0 Å². The van der Waals surface area contributed by atoms with Crippen LogP contribution in [0, 0.1) is 23.2 Å². The zero-order chi connectivity index (χ0) is 30.3. The Morgan fingerprint density at radius 3 is 2.02 bits per heavy atom. The number of hydrogen-bond donors (Lipinski definition) is 0. The van der Waals surface area contributed by atoms with E-state index < -0.39 is 23.8 Å². The highest BCUT2D eigenvalue weighted by molar-refractivity contribution is 5.52. The maximum Gasteiger partial charge on any atom is 0.416 e. The van der Waals surface area contributed by atoms with Crippen molar-refractivity contribution in [1.29, 1.82) is 0 Å². The summed E-state index contributed by atoms with van der Waals surface area (Å²) in [6, 6.07) is 4.47. The van der Waals surface area contributed by atoms with Gasteiger partial charge >= 0.3 is 6.18 Å². The quantitative estimate of drug-likeness (QED) is 0.275. The van der Waals surface area contributed by atoms with Gasteiger partial charge in [-0.05, 0) is 90.5 Å². The molecule has 0 amide bonds. The SMILES string of the molecule is CCCC(CCC)C1=C(C(F)c2ccc(C(F)(F)F)cc2)C(C2CCC(F)(F)CC2)=C2C(C)CC(C)(C)CC2N1C. The number of allylic oxidation sites excluding steroid dienone is 3. The molecule has 0 aromatic heterocycles. The lowest BCUT2D eigenvalue weighted by molar-refractivity contribution is -0.137. The fraction of sp³-hybridized carbons (Fsp3) is 0.706. The van der Waals surface area contributed by atoms with E-state index in [-0.39, 0.29) is 47.6 Å². The maximum atomic E-state index is 17.2. The lowest BCUT2D eigenvalue weighted by Gasteiger charge is -2.53. The predicted octanol–water partition coefficient (Wildman–Crippen LogP) is 11.1. The molecule has 3 unspecified atom stereocenters. The van der Waals surface area contributed by atoms with Crippen LogP contribution in [0.3, 0.4) is 0 Å². The first-order valence-corrected chi connectivity index (χ1v) is 15.5. The summed E-state index contributed by atoms with van der Waals surface area (Å²) in [5.74, 6) is -2.67. The molecule has 0 N–H and O–H groups in total. The number of nitrogens with zero attached hydrogens (tertiary/aromatic N) is 1. The summed E-state index contributed by atoms with van der Waals surface area (Å²) in [7, 11) is 2.05. The highest BCUT2D eigenvalue weighted by Gasteiger charge is 2.48. The first kappa shape index (κ1) is 32.0. The van der Waals surface area contributed by atoms with Crippen LogP contribution in [-0.2, 0) is 6.18 Å². The lowest BCUT2D eigenvalue weighted by atomic mass is 9.61. The van der Waals surface area contributed by atoms with E-state index >= 15 is 4.39 Å². The van der Waals surface area contributed by atoms with E-state index in [1.807, 2.05) is 0 Å². The van der Waals surface area contributed by atoms with E-state index in [1.165, 1.54) is 17.7 Å². The number of hydrogen-bond acceptors (Lipinski definition) is 1. The molecule has 1 heterocycles. The second-order valence-electron chi connectivity index (χ2n) is 13.7. The Morgan fingerprint density at radius 1 is 0.951 bits per heavy atom. The van der Waals surface area contributed by atoms with Gasteiger partial charge in [0.05, 0.1) is 11.6 Å². The van der Waals surface area contributed by atoms with E-state index in [4.69, 9.17) is 0 Å². The predicted molar refractivity (Wildman–Crippen MR) is 153 cm³/mol. The summed E-state index contributed by atoms with van der Waals surface area (Å²) in [6.45, 7) is 10.9. The molecule has 3 aliphatic rings. The zero-order valence-corrected chi connectivity index (χ0v) is 25.5. The third-order valence-electron chi connectivity index (χ3n) is 9.79. The molecular weight excluding hydrogens is 536 g/mol. The standard InChI is InChI=1S/C34H47F6N/c1-7-9-24(10-8-2)31-29(30(35)23-11-13-25(14-12-23)34(38,39)40)28(22-15-17-33(36,37)18-16-22)27-21(3)19-32(4,5)20-26(27)41(31)6/h11-14,21-22,24,26,30H,7-10,15-20H2,1-6H3. The van der Waals surface area contributed by atoms with Gasteiger partial charge in [-0.15, -0.1) is 0 Å². The van der Waals surface area contributed by atoms with E-state index in [2.05, 4.69) is 46.6 Å². The van der Waals surface area contributed by atoms with Crippen LogP contribution >= 0.6 is 0 Å². The minimum Gasteiger partial charge on any atom is -0.371 e. The Labute approximate surface area is 242 Å². The summed E-state index contributed by atoms with van der Waals surface area (Å²) in [6.07, 6.45) is -0.611. The monoisotopic (exact) mass is 583 g/mol. The van der Waals surface area contributed by atoms with Gasteiger partial charge in [-0.3, -0.25) is 0 Å². The lowest BCUT2D eigenvalue weighted by Crippen LogP contribution is -2.48. The van der Waals surface area contributed by atoms with Crippen molar-refractivity contribution in [2.45, 2.75) is 123 Å². The van der Waals surface area contributed by atoms with Crippen LogP contribution < -0.4 is 0 Å². The van der Waals surface area contributed by atoms with Gasteiger partial charge in [0.1, 0.15) is 0 Å². The van der Waals surface area contributed by atoms with E-state index in [9.17, 15) is 22.0 Å². The first-order chi connectivity index (χ1) is 19.1. The largest absolute Gasteiger partial charge is 0.416 e. The summed E-state index contributed by atoms with van der Waals surface area (Å²) in [5.41, 5.74) is 3.01. The van der Waals surface area contributed by atoms with Crippen molar-refractivity contribution >= 4 is 0 Å². The first-order valence-electron chi connectivity index (χ1n) is 15.5. The van der Waals surface area contributed by atoms with Crippen LogP contribution in [0.1, 0.15) is 116 Å². The van der Waals surface area contributed by atoms with Crippen molar-refractivity contribution in [1.82, 2.24) is 4.90 Å². The summed E-state index contributed by atoms with van der Waals surface area (Å²) in [4.78, 5) is 2.27. The average Bonchev–Trinajstić information content (AvgIpc) is 2.88. The number of benzene rings is 1. The minimum absolute atomic E-state index is 0.0564. The summed E-state index contributed by atoms with van der Waals surface area (Å²) >= 11 is 0. The topological polar surface area (TPSA) is 3.24 Å². The zero-order valence-electron chi connectivity index (χ0n) is 25.5. The molecule has 1 nitrogen and oxygen atoms in total. The van der Waals surface area contributed by atoms with Crippen LogP contribution in [0.15, 0.2) is 46.7 Å². The average molecular weight is 584 g/mol. The molecule has 41 heavy (non-hydrogen) atoms. The van der Waals surface area contributed by atoms with Crippen LogP contribution in [0.2, 0.25) is 0 Å². The van der Waals surface area contributed by atoms with Gasteiger partial charge in [-0.2, -0.15) is 13.2 Å². The van der Waals surface area contributed by atoms with E-state index in [0.29, 0.717) is 18.4 Å². The Hall–Kier alpha value is -1.92. The third-order valence-corrected chi connectivity index (χ3v) is 9.79. The Kier molecular flexibility index (Phi) is 9.36. The fourth-order valence-corrected chi connectivity index (χ4v) is 8.11. The number of rotatable bonds is 8. The van der Waals surface area contributed by atoms with Gasteiger partial charge in [0, 0.05) is 31.2 Å². The minimum atomic E-state index is -4.51. The maximum absolute atomic E-state index is 17.2. The molecule has 1 aromatic carbocycles. The highest BCUT2D eigenvalue weighted by atomic mass is 19.4. The highest BCUT2D eigenvalue weighted by Crippen LogP contribution is 2.56. The van der Waals surface area contributed by atoms with Crippen molar-refractivity contribution in [2.24, 2.45) is 23.2 Å². The van der Waals surface area contributed by atoms with Gasteiger partial charge < -0.3 is 4.90 Å². The summed E-state index contributed by atoms with van der Waals surface area (Å²) < 4.78 is 85.9. The molecule has 7 heteroatoms. The molecular formula is C34H47F6N. The Balaban J connectivity index is 1.96. The normalized spacial score (nSPS) is 26.0.